The van der Waals surface area contributed by atoms with Crippen molar-refractivity contribution in [2.45, 2.75) is 25.6 Å². The van der Waals surface area contributed by atoms with Gasteiger partial charge in [0.15, 0.2) is 0 Å². The zero-order chi connectivity index (χ0) is 14.9. The Morgan fingerprint density at radius 2 is 1.70 bits per heavy atom. The summed E-state index contributed by atoms with van der Waals surface area (Å²) < 4.78 is 10.6. The SMILES string of the molecule is COC1CN(C(=O)N2CCC(C)(C(=O)O)C2)CC1OC. The first-order chi connectivity index (χ1) is 9.41. The maximum atomic E-state index is 12.4. The number of ether oxygens (including phenoxy) is 2. The van der Waals surface area contributed by atoms with E-state index in [0.717, 1.165) is 0 Å². The first kappa shape index (κ1) is 15.1. The van der Waals surface area contributed by atoms with Gasteiger partial charge in [-0.1, -0.05) is 0 Å². The number of nitrogens with zero attached hydrogens (tertiary/aromatic N) is 2. The number of amides is 2. The van der Waals surface area contributed by atoms with Gasteiger partial charge in [-0.15, -0.1) is 0 Å². The fourth-order valence-corrected chi connectivity index (χ4v) is 2.85. The van der Waals surface area contributed by atoms with Crippen molar-refractivity contribution in [1.82, 2.24) is 9.80 Å². The van der Waals surface area contributed by atoms with Gasteiger partial charge in [0.1, 0.15) is 12.2 Å². The summed E-state index contributed by atoms with van der Waals surface area (Å²) in [5.74, 6) is -0.848. The van der Waals surface area contributed by atoms with E-state index < -0.39 is 11.4 Å². The number of carbonyl (C=O) groups is 2. The van der Waals surface area contributed by atoms with Gasteiger partial charge in [-0.2, -0.15) is 0 Å². The molecule has 3 unspecified atom stereocenters. The lowest BCUT2D eigenvalue weighted by atomic mass is 9.90. The zero-order valence-corrected chi connectivity index (χ0v) is 12.2. The number of aliphatic carboxylic acids is 1. The minimum Gasteiger partial charge on any atom is -0.481 e. The highest BCUT2D eigenvalue weighted by Crippen LogP contribution is 2.31. The molecule has 0 spiro atoms. The van der Waals surface area contributed by atoms with Crippen molar-refractivity contribution in [3.05, 3.63) is 0 Å². The molecule has 7 nitrogen and oxygen atoms in total. The summed E-state index contributed by atoms with van der Waals surface area (Å²) in [5.41, 5.74) is -0.837. The zero-order valence-electron chi connectivity index (χ0n) is 12.2. The van der Waals surface area contributed by atoms with Crippen molar-refractivity contribution in [1.29, 1.82) is 0 Å². The summed E-state index contributed by atoms with van der Waals surface area (Å²) in [5, 5.41) is 9.21. The van der Waals surface area contributed by atoms with Crippen LogP contribution in [0, 0.1) is 5.41 Å². The highest BCUT2D eigenvalue weighted by Gasteiger charge is 2.45. The van der Waals surface area contributed by atoms with Crippen LogP contribution in [-0.4, -0.2) is 79.5 Å². The fourth-order valence-electron chi connectivity index (χ4n) is 2.85. The van der Waals surface area contributed by atoms with E-state index in [1.54, 1.807) is 30.9 Å². The first-order valence-corrected chi connectivity index (χ1v) is 6.74. The molecule has 0 aromatic carbocycles. The van der Waals surface area contributed by atoms with Gasteiger partial charge in [0.2, 0.25) is 0 Å². The van der Waals surface area contributed by atoms with Gasteiger partial charge in [0.25, 0.3) is 0 Å². The molecule has 1 N–H and O–H groups in total. The van der Waals surface area contributed by atoms with Gasteiger partial charge in [-0.3, -0.25) is 4.79 Å². The van der Waals surface area contributed by atoms with E-state index in [1.807, 2.05) is 0 Å². The Labute approximate surface area is 118 Å². The van der Waals surface area contributed by atoms with Crippen molar-refractivity contribution in [2.75, 3.05) is 40.4 Å². The molecular weight excluding hydrogens is 264 g/mol. The topological polar surface area (TPSA) is 79.3 Å². The van der Waals surface area contributed by atoms with Crippen LogP contribution in [0.1, 0.15) is 13.3 Å². The average Bonchev–Trinajstić information content (AvgIpc) is 3.02. The molecular formula is C13H22N2O5. The van der Waals surface area contributed by atoms with Gasteiger partial charge in [-0.05, 0) is 13.3 Å². The van der Waals surface area contributed by atoms with Crippen LogP contribution in [-0.2, 0) is 14.3 Å². The minimum atomic E-state index is -0.848. The van der Waals surface area contributed by atoms with Crippen LogP contribution in [0.2, 0.25) is 0 Å². The Morgan fingerprint density at radius 1 is 1.15 bits per heavy atom. The summed E-state index contributed by atoms with van der Waals surface area (Å²) in [4.78, 5) is 26.9. The van der Waals surface area contributed by atoms with Gasteiger partial charge < -0.3 is 24.4 Å². The molecule has 3 atom stereocenters. The Bertz CT molecular complexity index is 390. The van der Waals surface area contributed by atoms with Crippen molar-refractivity contribution in [3.8, 4) is 0 Å². The number of carboxylic acid groups (broad SMARTS) is 1. The molecule has 2 aliphatic heterocycles. The van der Waals surface area contributed by atoms with Crippen LogP contribution in [0.5, 0.6) is 0 Å². The quantitative estimate of drug-likeness (QED) is 0.804. The lowest BCUT2D eigenvalue weighted by Gasteiger charge is -2.25. The lowest BCUT2D eigenvalue weighted by Crippen LogP contribution is -2.43. The number of carboxylic acids is 1. The molecule has 2 amide bonds. The van der Waals surface area contributed by atoms with Gasteiger partial charge in [-0.25, -0.2) is 4.79 Å². The highest BCUT2D eigenvalue weighted by molar-refractivity contribution is 5.79. The monoisotopic (exact) mass is 286 g/mol. The number of carbonyl (C=O) groups excluding carboxylic acids is 1. The molecule has 2 heterocycles. The van der Waals surface area contributed by atoms with Crippen molar-refractivity contribution >= 4 is 12.0 Å². The van der Waals surface area contributed by atoms with Crippen LogP contribution < -0.4 is 0 Å². The van der Waals surface area contributed by atoms with Crippen LogP contribution in [0.3, 0.4) is 0 Å². The molecule has 0 aromatic heterocycles. The highest BCUT2D eigenvalue weighted by atomic mass is 16.5. The number of methoxy groups -OCH3 is 2. The second-order valence-electron chi connectivity index (χ2n) is 5.77. The maximum Gasteiger partial charge on any atom is 0.320 e. The molecule has 2 saturated heterocycles. The van der Waals surface area contributed by atoms with E-state index in [9.17, 15) is 14.7 Å². The normalized spacial score (nSPS) is 33.8. The summed E-state index contributed by atoms with van der Waals surface area (Å²) >= 11 is 0. The number of urea groups is 1. The third-order valence-electron chi connectivity index (χ3n) is 4.35. The minimum absolute atomic E-state index is 0.127. The molecule has 20 heavy (non-hydrogen) atoms. The van der Waals surface area contributed by atoms with E-state index in [-0.39, 0.29) is 24.8 Å². The van der Waals surface area contributed by atoms with Crippen molar-refractivity contribution < 1.29 is 24.2 Å². The molecule has 0 saturated carbocycles. The van der Waals surface area contributed by atoms with Crippen molar-refractivity contribution in [3.63, 3.8) is 0 Å². The smallest absolute Gasteiger partial charge is 0.320 e. The predicted octanol–water partition coefficient (Wildman–Crippen LogP) is 0.249. The van der Waals surface area contributed by atoms with E-state index >= 15 is 0 Å². The number of likely N-dealkylation sites (tertiary alicyclic amines) is 2. The summed E-state index contributed by atoms with van der Waals surface area (Å²) in [6, 6.07) is -0.128. The Balaban J connectivity index is 1.98. The van der Waals surface area contributed by atoms with Crippen LogP contribution in [0.4, 0.5) is 4.79 Å². The van der Waals surface area contributed by atoms with E-state index in [2.05, 4.69) is 0 Å². The number of rotatable bonds is 3. The number of hydrogen-bond donors (Lipinski definition) is 1. The third kappa shape index (κ3) is 2.60. The maximum absolute atomic E-state index is 12.4. The third-order valence-corrected chi connectivity index (χ3v) is 4.35. The first-order valence-electron chi connectivity index (χ1n) is 6.74. The Morgan fingerprint density at radius 3 is 2.10 bits per heavy atom. The Hall–Kier alpha value is -1.34. The molecule has 0 aromatic rings. The van der Waals surface area contributed by atoms with E-state index in [4.69, 9.17) is 9.47 Å². The largest absolute Gasteiger partial charge is 0.481 e. The molecule has 2 rings (SSSR count). The second kappa shape index (κ2) is 5.57. The molecule has 2 fully saturated rings. The molecule has 2 aliphatic rings. The summed E-state index contributed by atoms with van der Waals surface area (Å²) in [6.45, 7) is 3.38. The van der Waals surface area contributed by atoms with Crippen LogP contribution in [0.15, 0.2) is 0 Å². The van der Waals surface area contributed by atoms with Gasteiger partial charge in [0.05, 0.1) is 18.5 Å². The molecule has 114 valence electrons. The molecule has 0 bridgehead atoms. The average molecular weight is 286 g/mol. The summed E-state index contributed by atoms with van der Waals surface area (Å²) in [7, 11) is 3.20. The molecule has 0 radical (unpaired) electrons. The predicted molar refractivity (Wildman–Crippen MR) is 70.5 cm³/mol. The summed E-state index contributed by atoms with van der Waals surface area (Å²) in [6.07, 6.45) is 0.235. The number of hydrogen-bond acceptors (Lipinski definition) is 4. The standard InChI is InChI=1S/C13H22N2O5/c1-13(11(16)17)4-5-14(8-13)12(18)15-6-9(19-2)10(7-15)20-3/h9-10H,4-8H2,1-3H3,(H,16,17). The fraction of sp³-hybridized carbons (Fsp3) is 0.846. The Kier molecular flexibility index (Phi) is 4.19. The van der Waals surface area contributed by atoms with Crippen LogP contribution >= 0.6 is 0 Å². The van der Waals surface area contributed by atoms with Crippen LogP contribution in [0.25, 0.3) is 0 Å². The van der Waals surface area contributed by atoms with E-state index in [1.165, 1.54) is 0 Å². The molecule has 7 heteroatoms. The van der Waals surface area contributed by atoms with E-state index in [0.29, 0.717) is 26.1 Å². The van der Waals surface area contributed by atoms with Crippen molar-refractivity contribution in [2.24, 2.45) is 5.41 Å². The van der Waals surface area contributed by atoms with Gasteiger partial charge >= 0.3 is 12.0 Å². The van der Waals surface area contributed by atoms with Gasteiger partial charge in [0, 0.05) is 27.3 Å². The molecule has 0 aliphatic carbocycles. The lowest BCUT2D eigenvalue weighted by molar-refractivity contribution is -0.147. The second-order valence-corrected chi connectivity index (χ2v) is 5.77.